The quantitative estimate of drug-likeness (QED) is 0.605. The molecule has 1 amide bonds. The van der Waals surface area contributed by atoms with Gasteiger partial charge in [-0.25, -0.2) is 0 Å². The van der Waals surface area contributed by atoms with Crippen LogP contribution in [0, 0.1) is 17.0 Å². The highest BCUT2D eigenvalue weighted by atomic mass is 35.5. The van der Waals surface area contributed by atoms with Gasteiger partial charge in [0.25, 0.3) is 11.6 Å². The fraction of sp³-hybridized carbons (Fsp3) is 0.278. The van der Waals surface area contributed by atoms with E-state index >= 15 is 0 Å². The van der Waals surface area contributed by atoms with E-state index in [-0.39, 0.29) is 24.0 Å². The van der Waals surface area contributed by atoms with Crippen molar-refractivity contribution in [2.75, 3.05) is 19.6 Å². The number of hydrogen-bond donors (Lipinski definition) is 1. The van der Waals surface area contributed by atoms with Gasteiger partial charge in [0, 0.05) is 36.8 Å². The fourth-order valence-corrected chi connectivity index (χ4v) is 2.50. The molecule has 0 aliphatic heterocycles. The van der Waals surface area contributed by atoms with E-state index in [1.54, 1.807) is 24.0 Å². The lowest BCUT2D eigenvalue weighted by Crippen LogP contribution is -2.37. The predicted molar refractivity (Wildman–Crippen MR) is 100 cm³/mol. The molecular weight excluding hydrogens is 342 g/mol. The summed E-state index contributed by atoms with van der Waals surface area (Å²) in [5.74, 6) is -0.237. The number of hydrogen-bond acceptors (Lipinski definition) is 4. The molecule has 134 valence electrons. The summed E-state index contributed by atoms with van der Waals surface area (Å²) in [7, 11) is 0. The van der Waals surface area contributed by atoms with Crippen LogP contribution in [0.1, 0.15) is 21.5 Å². The Labute approximate surface area is 153 Å². The molecule has 2 rings (SSSR count). The molecule has 0 saturated carbocycles. The summed E-state index contributed by atoms with van der Waals surface area (Å²) in [6.45, 7) is 2.92. The van der Waals surface area contributed by atoms with Crippen LogP contribution in [0.4, 0.5) is 5.69 Å². The van der Waals surface area contributed by atoms with E-state index in [1.807, 2.05) is 30.3 Å². The number of benzene rings is 2. The smallest absolute Gasteiger partial charge is 0.273 e. The minimum atomic E-state index is -0.469. The van der Waals surface area contributed by atoms with Crippen molar-refractivity contribution in [3.8, 4) is 0 Å². The van der Waals surface area contributed by atoms with Gasteiger partial charge < -0.3 is 10.6 Å². The average molecular weight is 364 g/mol. The van der Waals surface area contributed by atoms with Crippen molar-refractivity contribution in [3.63, 3.8) is 0 Å². The van der Waals surface area contributed by atoms with Crippen LogP contribution in [-0.4, -0.2) is 35.4 Å². The highest BCUT2D eigenvalue weighted by Crippen LogP contribution is 2.20. The molecule has 0 aliphatic carbocycles. The van der Waals surface area contributed by atoms with Crippen LogP contribution < -0.4 is 5.73 Å². The Kier molecular flexibility index (Phi) is 8.04. The number of halogens is 1. The Balaban J connectivity index is 0.00000312. The number of amides is 1. The molecule has 0 unspecified atom stereocenters. The number of nitro benzene ring substituents is 1. The molecule has 0 heterocycles. The highest BCUT2D eigenvalue weighted by Gasteiger charge is 2.19. The van der Waals surface area contributed by atoms with Gasteiger partial charge in [0.15, 0.2) is 0 Å². The second-order valence-electron chi connectivity index (χ2n) is 5.57. The molecule has 2 aromatic rings. The third-order valence-corrected chi connectivity index (χ3v) is 3.85. The summed E-state index contributed by atoms with van der Waals surface area (Å²) < 4.78 is 0. The molecule has 6 nitrogen and oxygen atoms in total. The molecule has 0 atom stereocenters. The third kappa shape index (κ3) is 5.55. The first kappa shape index (κ1) is 20.6. The average Bonchev–Trinajstić information content (AvgIpc) is 2.59. The molecule has 2 N–H and O–H groups in total. The summed E-state index contributed by atoms with van der Waals surface area (Å²) in [6, 6.07) is 14.4. The highest BCUT2D eigenvalue weighted by molar-refractivity contribution is 5.95. The minimum Gasteiger partial charge on any atom is -0.337 e. The normalized spacial score (nSPS) is 10.0. The maximum absolute atomic E-state index is 12.7. The Morgan fingerprint density at radius 3 is 2.44 bits per heavy atom. The molecule has 0 fully saturated rings. The molecule has 0 aliphatic rings. The van der Waals surface area contributed by atoms with Gasteiger partial charge in [-0.05, 0) is 25.0 Å². The van der Waals surface area contributed by atoms with Crippen molar-refractivity contribution < 1.29 is 9.72 Å². The predicted octanol–water partition coefficient (Wildman–Crippen LogP) is 2.97. The summed E-state index contributed by atoms with van der Waals surface area (Å²) >= 11 is 0. The first-order valence-electron chi connectivity index (χ1n) is 7.81. The molecule has 0 saturated heterocycles. The van der Waals surface area contributed by atoms with Crippen LogP contribution in [-0.2, 0) is 6.42 Å². The zero-order valence-corrected chi connectivity index (χ0v) is 14.9. The van der Waals surface area contributed by atoms with E-state index in [0.717, 1.165) is 5.56 Å². The number of rotatable bonds is 7. The van der Waals surface area contributed by atoms with Crippen molar-refractivity contribution in [2.24, 2.45) is 5.73 Å². The van der Waals surface area contributed by atoms with E-state index in [2.05, 4.69) is 0 Å². The topological polar surface area (TPSA) is 89.5 Å². The van der Waals surface area contributed by atoms with Crippen LogP contribution >= 0.6 is 12.4 Å². The molecule has 0 radical (unpaired) electrons. The standard InChI is InChI=1S/C18H21N3O3.ClH/c1-14-7-8-16(13-17(14)21(23)24)18(22)20(12-10-19)11-9-15-5-3-2-4-6-15;/h2-8,13H,9-12,19H2,1H3;1H. The molecule has 7 heteroatoms. The van der Waals surface area contributed by atoms with Crippen molar-refractivity contribution in [3.05, 3.63) is 75.3 Å². The van der Waals surface area contributed by atoms with Crippen LogP contribution in [0.5, 0.6) is 0 Å². The van der Waals surface area contributed by atoms with E-state index in [0.29, 0.717) is 37.2 Å². The number of carbonyl (C=O) groups is 1. The number of nitrogens with two attached hydrogens (primary N) is 1. The first-order chi connectivity index (χ1) is 11.5. The Morgan fingerprint density at radius 2 is 1.84 bits per heavy atom. The zero-order valence-electron chi connectivity index (χ0n) is 14.1. The number of aryl methyl sites for hydroxylation is 1. The third-order valence-electron chi connectivity index (χ3n) is 3.85. The minimum absolute atomic E-state index is 0. The van der Waals surface area contributed by atoms with Crippen LogP contribution in [0.2, 0.25) is 0 Å². The monoisotopic (exact) mass is 363 g/mol. The van der Waals surface area contributed by atoms with Crippen LogP contribution in [0.3, 0.4) is 0 Å². The van der Waals surface area contributed by atoms with Gasteiger partial charge in [-0.3, -0.25) is 14.9 Å². The number of carbonyl (C=O) groups excluding carboxylic acids is 1. The second kappa shape index (κ2) is 9.76. The summed E-state index contributed by atoms with van der Waals surface area (Å²) in [5, 5.41) is 11.1. The number of nitrogens with zero attached hydrogens (tertiary/aromatic N) is 2. The van der Waals surface area contributed by atoms with Crippen molar-refractivity contribution in [2.45, 2.75) is 13.3 Å². The second-order valence-corrected chi connectivity index (χ2v) is 5.57. The van der Waals surface area contributed by atoms with Gasteiger partial charge in [-0.1, -0.05) is 36.4 Å². The Bertz CT molecular complexity index is 723. The summed E-state index contributed by atoms with van der Waals surface area (Å²) in [4.78, 5) is 24.9. The van der Waals surface area contributed by atoms with Crippen LogP contribution in [0.15, 0.2) is 48.5 Å². The maximum atomic E-state index is 12.7. The first-order valence-corrected chi connectivity index (χ1v) is 7.81. The van der Waals surface area contributed by atoms with Gasteiger partial charge in [-0.15, -0.1) is 12.4 Å². The molecule has 0 spiro atoms. The largest absolute Gasteiger partial charge is 0.337 e. The van der Waals surface area contributed by atoms with Gasteiger partial charge in [0.1, 0.15) is 0 Å². The molecule has 25 heavy (non-hydrogen) atoms. The van der Waals surface area contributed by atoms with Gasteiger partial charge >= 0.3 is 0 Å². The molecule has 0 aromatic heterocycles. The molecular formula is C18H22ClN3O3. The van der Waals surface area contributed by atoms with E-state index in [9.17, 15) is 14.9 Å². The lowest BCUT2D eigenvalue weighted by atomic mass is 10.1. The van der Waals surface area contributed by atoms with Gasteiger partial charge in [-0.2, -0.15) is 0 Å². The maximum Gasteiger partial charge on any atom is 0.273 e. The Hall–Kier alpha value is -2.44. The van der Waals surface area contributed by atoms with E-state index in [4.69, 9.17) is 5.73 Å². The molecule has 0 bridgehead atoms. The van der Waals surface area contributed by atoms with Crippen molar-refractivity contribution in [1.29, 1.82) is 0 Å². The zero-order chi connectivity index (χ0) is 17.5. The van der Waals surface area contributed by atoms with Crippen molar-refractivity contribution >= 4 is 24.0 Å². The SMILES string of the molecule is Cc1ccc(C(=O)N(CCN)CCc2ccccc2)cc1[N+](=O)[O-].Cl. The summed E-state index contributed by atoms with van der Waals surface area (Å²) in [6.07, 6.45) is 0.709. The van der Waals surface area contributed by atoms with Gasteiger partial charge in [0.05, 0.1) is 4.92 Å². The van der Waals surface area contributed by atoms with E-state index in [1.165, 1.54) is 6.07 Å². The van der Waals surface area contributed by atoms with Gasteiger partial charge in [0.2, 0.25) is 0 Å². The van der Waals surface area contributed by atoms with Crippen LogP contribution in [0.25, 0.3) is 0 Å². The summed E-state index contributed by atoms with van der Waals surface area (Å²) in [5.41, 5.74) is 7.54. The fourth-order valence-electron chi connectivity index (χ4n) is 2.50. The van der Waals surface area contributed by atoms with E-state index < -0.39 is 4.92 Å². The van der Waals surface area contributed by atoms with Crippen molar-refractivity contribution in [1.82, 2.24) is 4.90 Å². The molecule has 2 aromatic carbocycles. The Morgan fingerprint density at radius 1 is 1.16 bits per heavy atom. The lowest BCUT2D eigenvalue weighted by Gasteiger charge is -2.22. The number of nitro groups is 1. The lowest BCUT2D eigenvalue weighted by molar-refractivity contribution is -0.385.